The number of rotatable bonds is 5. The lowest BCUT2D eigenvalue weighted by Crippen LogP contribution is -2.52. The van der Waals surface area contributed by atoms with Crippen LogP contribution in [0.4, 0.5) is 0 Å². The molecule has 18 heavy (non-hydrogen) atoms. The lowest BCUT2D eigenvalue weighted by atomic mass is 9.76. The van der Waals surface area contributed by atoms with Crippen molar-refractivity contribution in [3.63, 3.8) is 0 Å². The third kappa shape index (κ3) is 2.49. The summed E-state index contributed by atoms with van der Waals surface area (Å²) in [4.78, 5) is 0.0475. The summed E-state index contributed by atoms with van der Waals surface area (Å²) in [6.45, 7) is 1.65. The maximum absolute atomic E-state index is 12.3. The fraction of sp³-hybridized carbons (Fsp3) is 0.636. The SMILES string of the molecule is CCC1(NS(=O)(=O)c2cc(CO)oc2Br)CCC1. The molecule has 1 fully saturated rings. The van der Waals surface area contributed by atoms with Gasteiger partial charge in [0, 0.05) is 11.6 Å². The minimum Gasteiger partial charge on any atom is -0.450 e. The van der Waals surface area contributed by atoms with Gasteiger partial charge < -0.3 is 9.52 Å². The predicted molar refractivity (Wildman–Crippen MR) is 69.5 cm³/mol. The fourth-order valence-electron chi connectivity index (χ4n) is 2.13. The summed E-state index contributed by atoms with van der Waals surface area (Å²) in [6, 6.07) is 1.34. The largest absolute Gasteiger partial charge is 0.450 e. The molecule has 0 bridgehead atoms. The van der Waals surface area contributed by atoms with Crippen LogP contribution in [-0.4, -0.2) is 19.1 Å². The summed E-state index contributed by atoms with van der Waals surface area (Å²) in [7, 11) is -3.61. The van der Waals surface area contributed by atoms with E-state index in [9.17, 15) is 8.42 Å². The third-order valence-corrected chi connectivity index (χ3v) is 5.93. The van der Waals surface area contributed by atoms with Gasteiger partial charge in [-0.25, -0.2) is 13.1 Å². The molecule has 2 N–H and O–H groups in total. The van der Waals surface area contributed by atoms with Gasteiger partial charge in [-0.2, -0.15) is 0 Å². The van der Waals surface area contributed by atoms with Crippen molar-refractivity contribution < 1.29 is 17.9 Å². The lowest BCUT2D eigenvalue weighted by Gasteiger charge is -2.41. The van der Waals surface area contributed by atoms with Gasteiger partial charge in [0.1, 0.15) is 17.3 Å². The summed E-state index contributed by atoms with van der Waals surface area (Å²) in [5.41, 5.74) is -0.311. The van der Waals surface area contributed by atoms with Crippen LogP contribution in [-0.2, 0) is 16.6 Å². The molecule has 0 aliphatic heterocycles. The first-order chi connectivity index (χ1) is 8.42. The molecule has 1 aromatic rings. The molecule has 0 amide bonds. The maximum Gasteiger partial charge on any atom is 0.245 e. The molecule has 7 heteroatoms. The van der Waals surface area contributed by atoms with E-state index < -0.39 is 10.0 Å². The quantitative estimate of drug-likeness (QED) is 0.862. The van der Waals surface area contributed by atoms with Gasteiger partial charge in [-0.05, 0) is 41.6 Å². The smallest absolute Gasteiger partial charge is 0.245 e. The van der Waals surface area contributed by atoms with Crippen molar-refractivity contribution in [3.8, 4) is 0 Å². The highest BCUT2D eigenvalue weighted by atomic mass is 79.9. The Kier molecular flexibility index (Phi) is 3.87. The summed E-state index contributed by atoms with van der Waals surface area (Å²) >= 11 is 3.07. The van der Waals surface area contributed by atoms with E-state index >= 15 is 0 Å². The van der Waals surface area contributed by atoms with E-state index in [-0.39, 0.29) is 27.5 Å². The Balaban J connectivity index is 2.27. The van der Waals surface area contributed by atoms with Crippen molar-refractivity contribution in [1.82, 2.24) is 4.72 Å². The molecule has 0 saturated heterocycles. The zero-order valence-electron chi connectivity index (χ0n) is 10.1. The topological polar surface area (TPSA) is 79.5 Å². The van der Waals surface area contributed by atoms with Crippen molar-refractivity contribution in [1.29, 1.82) is 0 Å². The molecule has 2 rings (SSSR count). The monoisotopic (exact) mass is 337 g/mol. The number of aliphatic hydroxyl groups is 1. The van der Waals surface area contributed by atoms with Crippen molar-refractivity contribution in [3.05, 3.63) is 16.5 Å². The Hall–Kier alpha value is -0.370. The normalized spacial score (nSPS) is 18.6. The molecule has 0 radical (unpaired) electrons. The minimum atomic E-state index is -3.61. The molecule has 5 nitrogen and oxygen atoms in total. The fourth-order valence-corrected chi connectivity index (χ4v) is 4.66. The molecule has 0 atom stereocenters. The molecular formula is C11H16BrNO4S. The van der Waals surface area contributed by atoms with E-state index in [4.69, 9.17) is 9.52 Å². The van der Waals surface area contributed by atoms with Crippen LogP contribution < -0.4 is 4.72 Å². The highest BCUT2D eigenvalue weighted by Crippen LogP contribution is 2.37. The van der Waals surface area contributed by atoms with Gasteiger partial charge in [0.25, 0.3) is 0 Å². The number of nitrogens with one attached hydrogen (secondary N) is 1. The van der Waals surface area contributed by atoms with Crippen LogP contribution in [0.3, 0.4) is 0 Å². The Labute approximate surface area is 115 Å². The Morgan fingerprint density at radius 3 is 2.61 bits per heavy atom. The van der Waals surface area contributed by atoms with Gasteiger partial charge in [0.2, 0.25) is 10.0 Å². The molecule has 0 spiro atoms. The number of hydrogen-bond donors (Lipinski definition) is 2. The van der Waals surface area contributed by atoms with Gasteiger partial charge in [0.05, 0.1) is 0 Å². The number of halogens is 1. The average Bonchev–Trinajstić information content (AvgIpc) is 2.66. The Bertz CT molecular complexity index is 528. The number of hydrogen-bond acceptors (Lipinski definition) is 4. The van der Waals surface area contributed by atoms with Crippen LogP contribution in [0.25, 0.3) is 0 Å². The number of furan rings is 1. The number of aliphatic hydroxyl groups excluding tert-OH is 1. The van der Waals surface area contributed by atoms with Crippen LogP contribution in [0, 0.1) is 0 Å². The van der Waals surface area contributed by atoms with Crippen molar-refractivity contribution >= 4 is 26.0 Å². The lowest BCUT2D eigenvalue weighted by molar-refractivity contribution is 0.213. The Morgan fingerprint density at radius 1 is 1.56 bits per heavy atom. The zero-order chi connectivity index (χ0) is 13.4. The molecular weight excluding hydrogens is 322 g/mol. The van der Waals surface area contributed by atoms with Crippen LogP contribution in [0.5, 0.6) is 0 Å². The van der Waals surface area contributed by atoms with Crippen molar-refractivity contribution in [2.24, 2.45) is 0 Å². The van der Waals surface area contributed by atoms with Crippen molar-refractivity contribution in [2.75, 3.05) is 0 Å². The molecule has 1 aliphatic carbocycles. The molecule has 102 valence electrons. The summed E-state index contributed by atoms with van der Waals surface area (Å²) in [6.07, 6.45) is 3.55. The van der Waals surface area contributed by atoms with E-state index in [1.807, 2.05) is 6.92 Å². The minimum absolute atomic E-state index is 0.0475. The second-order valence-corrected chi connectivity index (χ2v) is 6.97. The standard InChI is InChI=1S/C11H16BrNO4S/c1-2-11(4-3-5-11)13-18(15,16)9-6-8(7-14)17-10(9)12/h6,13-14H,2-5,7H2,1H3. The predicted octanol–water partition coefficient (Wildman–Crippen LogP) is 2.15. The van der Waals surface area contributed by atoms with Crippen molar-refractivity contribution in [2.45, 2.75) is 49.6 Å². The molecule has 0 aromatic carbocycles. The highest BCUT2D eigenvalue weighted by Gasteiger charge is 2.40. The summed E-state index contributed by atoms with van der Waals surface area (Å²) < 4.78 is 32.5. The van der Waals surface area contributed by atoms with Crippen LogP contribution in [0.15, 0.2) is 20.0 Å². The molecule has 1 aliphatic rings. The van der Waals surface area contributed by atoms with E-state index in [0.717, 1.165) is 25.7 Å². The first-order valence-electron chi connectivity index (χ1n) is 5.85. The Morgan fingerprint density at radius 2 is 2.22 bits per heavy atom. The second kappa shape index (κ2) is 4.96. The maximum atomic E-state index is 12.3. The van der Waals surface area contributed by atoms with Gasteiger partial charge in [-0.3, -0.25) is 0 Å². The highest BCUT2D eigenvalue weighted by molar-refractivity contribution is 9.10. The van der Waals surface area contributed by atoms with Crippen LogP contribution >= 0.6 is 15.9 Å². The number of sulfonamides is 1. The van der Waals surface area contributed by atoms with Gasteiger partial charge in [-0.1, -0.05) is 6.92 Å². The van der Waals surface area contributed by atoms with E-state index in [1.54, 1.807) is 0 Å². The first-order valence-corrected chi connectivity index (χ1v) is 8.13. The molecule has 1 heterocycles. The first kappa shape index (κ1) is 14.0. The zero-order valence-corrected chi connectivity index (χ0v) is 12.5. The van der Waals surface area contributed by atoms with E-state index in [0.29, 0.717) is 0 Å². The molecule has 1 saturated carbocycles. The van der Waals surface area contributed by atoms with Crippen LogP contribution in [0.2, 0.25) is 0 Å². The summed E-state index contributed by atoms with van der Waals surface area (Å²) in [5, 5.41) is 8.95. The molecule has 1 aromatic heterocycles. The third-order valence-electron chi connectivity index (χ3n) is 3.49. The second-order valence-electron chi connectivity index (χ2n) is 4.60. The van der Waals surface area contributed by atoms with Gasteiger partial charge >= 0.3 is 0 Å². The van der Waals surface area contributed by atoms with E-state index in [2.05, 4.69) is 20.7 Å². The van der Waals surface area contributed by atoms with Gasteiger partial charge in [-0.15, -0.1) is 0 Å². The van der Waals surface area contributed by atoms with E-state index in [1.165, 1.54) is 6.07 Å². The van der Waals surface area contributed by atoms with Crippen LogP contribution in [0.1, 0.15) is 38.4 Å². The van der Waals surface area contributed by atoms with Gasteiger partial charge in [0.15, 0.2) is 4.67 Å². The summed E-state index contributed by atoms with van der Waals surface area (Å²) in [5.74, 6) is 0.224. The molecule has 0 unspecified atom stereocenters. The average molecular weight is 338 g/mol.